The number of rotatable bonds is 79. The summed E-state index contributed by atoms with van der Waals surface area (Å²) in [4.78, 5) is 73.1. The minimum atomic E-state index is -4.97. The van der Waals surface area contributed by atoms with Gasteiger partial charge in [0.1, 0.15) is 19.3 Å². The topological polar surface area (TPSA) is 237 Å². The first-order valence-corrected chi connectivity index (χ1v) is 44.8. The fourth-order valence-electron chi connectivity index (χ4n) is 12.1. The average Bonchev–Trinajstić information content (AvgIpc) is 0.940. The van der Waals surface area contributed by atoms with Gasteiger partial charge in [-0.1, -0.05) is 355 Å². The molecule has 3 N–H and O–H groups in total. The molecule has 19 heteroatoms. The molecule has 0 spiro atoms. The number of esters is 4. The van der Waals surface area contributed by atoms with Gasteiger partial charge >= 0.3 is 39.5 Å². The van der Waals surface area contributed by atoms with E-state index in [1.807, 2.05) is 0 Å². The van der Waals surface area contributed by atoms with Crippen LogP contribution in [0.25, 0.3) is 0 Å². The maximum atomic E-state index is 13.1. The van der Waals surface area contributed by atoms with Crippen molar-refractivity contribution in [2.75, 3.05) is 39.6 Å². The van der Waals surface area contributed by atoms with Gasteiger partial charge in [0.25, 0.3) is 0 Å². The van der Waals surface area contributed by atoms with Crippen molar-refractivity contribution in [2.45, 2.75) is 426 Å². The first kappa shape index (κ1) is 98.5. The van der Waals surface area contributed by atoms with E-state index in [-0.39, 0.29) is 25.7 Å². The number of phosphoric acid groups is 2. The van der Waals surface area contributed by atoms with Gasteiger partial charge in [-0.2, -0.15) is 0 Å². The molecule has 596 valence electrons. The zero-order valence-electron chi connectivity index (χ0n) is 65.7. The monoisotopic (exact) mass is 1480 g/mol. The van der Waals surface area contributed by atoms with E-state index in [1.165, 1.54) is 205 Å². The molecule has 0 aliphatic carbocycles. The smallest absolute Gasteiger partial charge is 0.462 e. The van der Waals surface area contributed by atoms with Crippen LogP contribution in [0.1, 0.15) is 408 Å². The lowest BCUT2D eigenvalue weighted by molar-refractivity contribution is -0.161. The van der Waals surface area contributed by atoms with Gasteiger partial charge in [-0.05, 0) is 63.2 Å². The Bertz CT molecular complexity index is 2040. The van der Waals surface area contributed by atoms with Crippen molar-refractivity contribution >= 4 is 39.5 Å². The molecule has 3 unspecified atom stereocenters. The molecule has 0 radical (unpaired) electrons. The third-order valence-corrected chi connectivity index (χ3v) is 20.8. The van der Waals surface area contributed by atoms with E-state index < -0.39 is 97.5 Å². The van der Waals surface area contributed by atoms with E-state index >= 15 is 0 Å². The molecule has 0 bridgehead atoms. The lowest BCUT2D eigenvalue weighted by Gasteiger charge is -2.21. The van der Waals surface area contributed by atoms with Gasteiger partial charge in [0, 0.05) is 25.7 Å². The Morgan fingerprint density at radius 1 is 0.327 bits per heavy atom. The molecule has 0 saturated heterocycles. The third-order valence-electron chi connectivity index (χ3n) is 18.9. The van der Waals surface area contributed by atoms with E-state index in [0.717, 1.165) is 121 Å². The van der Waals surface area contributed by atoms with Gasteiger partial charge in [-0.25, -0.2) is 9.13 Å². The Balaban J connectivity index is 5.28. The summed E-state index contributed by atoms with van der Waals surface area (Å²) < 4.78 is 68.7. The quantitative estimate of drug-likeness (QED) is 0.0169. The third kappa shape index (κ3) is 74.2. The molecule has 6 atom stereocenters. The second kappa shape index (κ2) is 73.1. The summed E-state index contributed by atoms with van der Waals surface area (Å²) in [5, 5.41) is 10.6. The number of allylic oxidation sites excluding steroid dienone is 4. The number of phosphoric ester groups is 2. The molecule has 0 aromatic rings. The molecule has 0 aliphatic rings. The zero-order chi connectivity index (χ0) is 74.2. The normalized spacial score (nSPS) is 14.3. The van der Waals surface area contributed by atoms with Crippen LogP contribution in [0.15, 0.2) is 24.3 Å². The van der Waals surface area contributed by atoms with Crippen LogP contribution in [0, 0.1) is 11.8 Å². The lowest BCUT2D eigenvalue weighted by atomic mass is 9.99. The van der Waals surface area contributed by atoms with Crippen LogP contribution >= 0.6 is 15.6 Å². The number of ether oxygens (including phenoxy) is 4. The number of hydrogen-bond donors (Lipinski definition) is 3. The van der Waals surface area contributed by atoms with Crippen molar-refractivity contribution in [1.29, 1.82) is 0 Å². The molecule has 17 nitrogen and oxygen atoms in total. The van der Waals surface area contributed by atoms with E-state index in [9.17, 15) is 43.2 Å². The Morgan fingerprint density at radius 3 is 0.891 bits per heavy atom. The molecule has 0 rings (SSSR count). The number of carbonyl (C=O) groups excluding carboxylic acids is 4. The first-order valence-electron chi connectivity index (χ1n) is 41.8. The van der Waals surface area contributed by atoms with Crippen LogP contribution < -0.4 is 0 Å². The van der Waals surface area contributed by atoms with Gasteiger partial charge < -0.3 is 33.8 Å². The summed E-state index contributed by atoms with van der Waals surface area (Å²) in [5.74, 6) is -0.595. The SMILES string of the molecule is CCCCCC/C=C\C=C/CCCCCCCC(=O)OC[C@H](COP(=O)(O)OC[C@@H](O)COP(=O)(O)OC[C@@H](COC(=O)CCCCCCCCCCCC(C)C)OC(=O)CCCCCCCCCCCCC(C)CC)OC(=O)CCCCCCCCCCCCCCCCCCCCCC. The van der Waals surface area contributed by atoms with Crippen molar-refractivity contribution in [3.05, 3.63) is 24.3 Å². The van der Waals surface area contributed by atoms with E-state index in [0.29, 0.717) is 25.7 Å². The number of aliphatic hydroxyl groups excluding tert-OH is 1. The van der Waals surface area contributed by atoms with Gasteiger partial charge in [-0.15, -0.1) is 0 Å². The summed E-state index contributed by atoms with van der Waals surface area (Å²) in [5.41, 5.74) is 0. The van der Waals surface area contributed by atoms with Crippen molar-refractivity contribution < 1.29 is 80.2 Å². The molecule has 0 aromatic heterocycles. The largest absolute Gasteiger partial charge is 0.472 e. The van der Waals surface area contributed by atoms with Crippen LogP contribution in [0.4, 0.5) is 0 Å². The summed E-state index contributed by atoms with van der Waals surface area (Å²) in [6.07, 6.45) is 66.0. The maximum absolute atomic E-state index is 13.1. The average molecular weight is 1480 g/mol. The highest BCUT2D eigenvalue weighted by Crippen LogP contribution is 2.45. The molecule has 0 fully saturated rings. The highest BCUT2D eigenvalue weighted by molar-refractivity contribution is 7.47. The van der Waals surface area contributed by atoms with E-state index in [4.69, 9.17) is 37.0 Å². The first-order chi connectivity index (χ1) is 48.9. The van der Waals surface area contributed by atoms with Crippen LogP contribution in [0.3, 0.4) is 0 Å². The molecule has 0 amide bonds. The molecule has 0 aliphatic heterocycles. The van der Waals surface area contributed by atoms with Crippen LogP contribution in [0.5, 0.6) is 0 Å². The van der Waals surface area contributed by atoms with Gasteiger partial charge in [0.05, 0.1) is 26.4 Å². The van der Waals surface area contributed by atoms with Crippen molar-refractivity contribution in [3.63, 3.8) is 0 Å². The Labute approximate surface area is 618 Å². The lowest BCUT2D eigenvalue weighted by Crippen LogP contribution is -2.30. The van der Waals surface area contributed by atoms with Gasteiger partial charge in [-0.3, -0.25) is 37.3 Å². The standard InChI is InChI=1S/C82H156O17P2/c1-7-10-12-14-16-18-20-22-24-25-26-27-28-30-32-34-41-48-54-60-66-81(86)98-77(70-92-79(84)64-58-52-46-40-33-31-29-23-21-19-17-15-13-11-8-2)72-96-100(88,89)94-68-76(83)69-95-101(90,91)97-73-78(71-93-80(85)65-59-53-47-43-37-38-44-50-56-62-74(4)5)99-82(87)67-61-55-49-42-36-35-39-45-51-57-63-75(6)9-3/h19,21,23,29,74-78,83H,7-18,20,22,24-28,30-73H2,1-6H3,(H,88,89)(H,90,91)/b21-19-,29-23-/t75?,76-,77-,78-/m1/s1. The minimum Gasteiger partial charge on any atom is -0.462 e. The highest BCUT2D eigenvalue weighted by atomic mass is 31.2. The van der Waals surface area contributed by atoms with E-state index in [2.05, 4.69) is 65.8 Å². The molecular formula is C82H156O17P2. The summed E-state index contributed by atoms with van der Waals surface area (Å²) in [6, 6.07) is 0. The zero-order valence-corrected chi connectivity index (χ0v) is 67.5. The fourth-order valence-corrected chi connectivity index (χ4v) is 13.7. The number of hydrogen-bond acceptors (Lipinski definition) is 15. The fraction of sp³-hybridized carbons (Fsp3) is 0.902. The second-order valence-corrected chi connectivity index (χ2v) is 32.5. The van der Waals surface area contributed by atoms with E-state index in [1.54, 1.807) is 0 Å². The molecular weight excluding hydrogens is 1320 g/mol. The molecule has 0 aromatic carbocycles. The molecule has 101 heavy (non-hydrogen) atoms. The van der Waals surface area contributed by atoms with Gasteiger partial charge in [0.15, 0.2) is 12.2 Å². The maximum Gasteiger partial charge on any atom is 0.472 e. The van der Waals surface area contributed by atoms with Crippen molar-refractivity contribution in [2.24, 2.45) is 11.8 Å². The number of aliphatic hydroxyl groups is 1. The Kier molecular flexibility index (Phi) is 71.3. The summed E-state index contributed by atoms with van der Waals surface area (Å²) in [7, 11) is -9.93. The van der Waals surface area contributed by atoms with Crippen LogP contribution in [-0.2, 0) is 65.4 Å². The van der Waals surface area contributed by atoms with Gasteiger partial charge in [0.2, 0.25) is 0 Å². The second-order valence-electron chi connectivity index (χ2n) is 29.5. The van der Waals surface area contributed by atoms with Crippen molar-refractivity contribution in [3.8, 4) is 0 Å². The minimum absolute atomic E-state index is 0.102. The molecule has 0 heterocycles. The highest BCUT2D eigenvalue weighted by Gasteiger charge is 2.30. The summed E-state index contributed by atoms with van der Waals surface area (Å²) in [6.45, 7) is 9.58. The Hall–Kier alpha value is -2.46. The number of carbonyl (C=O) groups is 4. The van der Waals surface area contributed by atoms with Crippen LogP contribution in [-0.4, -0.2) is 96.7 Å². The molecule has 0 saturated carbocycles. The van der Waals surface area contributed by atoms with Crippen molar-refractivity contribution in [1.82, 2.24) is 0 Å². The summed E-state index contributed by atoms with van der Waals surface area (Å²) >= 11 is 0. The Morgan fingerprint density at radius 2 is 0.584 bits per heavy atom. The predicted molar refractivity (Wildman–Crippen MR) is 414 cm³/mol. The number of unbranched alkanes of at least 4 members (excludes halogenated alkanes) is 45. The van der Waals surface area contributed by atoms with Crippen LogP contribution in [0.2, 0.25) is 0 Å². The predicted octanol–water partition coefficient (Wildman–Crippen LogP) is 24.2.